The summed E-state index contributed by atoms with van der Waals surface area (Å²) in [6.45, 7) is 0.473. The van der Waals surface area contributed by atoms with Gasteiger partial charge in [-0.3, -0.25) is 0 Å². The van der Waals surface area contributed by atoms with Crippen molar-refractivity contribution in [1.29, 1.82) is 5.26 Å². The van der Waals surface area contributed by atoms with Crippen molar-refractivity contribution in [3.8, 4) is 6.07 Å². The Morgan fingerprint density at radius 1 is 1.21 bits per heavy atom. The summed E-state index contributed by atoms with van der Waals surface area (Å²) < 4.78 is 38.9. The predicted molar refractivity (Wildman–Crippen MR) is 85.7 cm³/mol. The van der Waals surface area contributed by atoms with Gasteiger partial charge in [-0.1, -0.05) is 18.2 Å². The van der Waals surface area contributed by atoms with Gasteiger partial charge in [0.2, 0.25) is 0 Å². The number of rotatable bonds is 2. The Morgan fingerprint density at radius 2 is 2.00 bits per heavy atom. The molecule has 0 amide bonds. The highest BCUT2D eigenvalue weighted by Gasteiger charge is 2.46. The maximum Gasteiger partial charge on any atom is 0.416 e. The van der Waals surface area contributed by atoms with Crippen molar-refractivity contribution in [2.24, 2.45) is 0 Å². The van der Waals surface area contributed by atoms with E-state index in [9.17, 15) is 18.3 Å². The maximum atomic E-state index is 13.0. The summed E-state index contributed by atoms with van der Waals surface area (Å²) in [4.78, 5) is 1.64. The van der Waals surface area contributed by atoms with E-state index in [1.807, 2.05) is 6.07 Å². The average Bonchev–Trinajstić information content (AvgIpc) is 2.59. The zero-order chi connectivity index (χ0) is 17.3. The van der Waals surface area contributed by atoms with Gasteiger partial charge in [0, 0.05) is 12.2 Å². The summed E-state index contributed by atoms with van der Waals surface area (Å²) in [5.41, 5.74) is 1.18. The molecule has 1 N–H and O–H groups in total. The first-order valence-electron chi connectivity index (χ1n) is 7.86. The number of nitriles is 1. The molecule has 0 radical (unpaired) electrons. The van der Waals surface area contributed by atoms with Crippen molar-refractivity contribution in [1.82, 2.24) is 0 Å². The van der Waals surface area contributed by atoms with Crippen LogP contribution in [0.5, 0.6) is 0 Å². The lowest BCUT2D eigenvalue weighted by Gasteiger charge is -2.40. The van der Waals surface area contributed by atoms with Crippen LogP contribution in [0, 0.1) is 11.3 Å². The van der Waals surface area contributed by atoms with Crippen molar-refractivity contribution < 1.29 is 18.3 Å². The van der Waals surface area contributed by atoms with Crippen LogP contribution < -0.4 is 4.90 Å². The first-order valence-corrected chi connectivity index (χ1v) is 7.86. The topological polar surface area (TPSA) is 47.3 Å². The lowest BCUT2D eigenvalue weighted by Crippen LogP contribution is -2.52. The summed E-state index contributed by atoms with van der Waals surface area (Å²) in [5, 5.41) is 20.4. The van der Waals surface area contributed by atoms with E-state index >= 15 is 0 Å². The number of halogens is 3. The molecule has 1 aliphatic rings. The third-order valence-corrected chi connectivity index (χ3v) is 4.57. The van der Waals surface area contributed by atoms with E-state index in [1.54, 1.807) is 35.2 Å². The number of hydrogen-bond acceptors (Lipinski definition) is 3. The molecule has 1 unspecified atom stereocenters. The molecule has 1 aliphatic heterocycles. The summed E-state index contributed by atoms with van der Waals surface area (Å²) in [6.07, 6.45) is -5.24. The van der Waals surface area contributed by atoms with E-state index in [4.69, 9.17) is 5.26 Å². The molecule has 0 saturated carbocycles. The van der Waals surface area contributed by atoms with Crippen LogP contribution in [0.15, 0.2) is 36.4 Å². The number of fused-ring (bicyclic) bond motifs is 1. The van der Waals surface area contributed by atoms with Gasteiger partial charge in [-0.2, -0.15) is 18.4 Å². The second-order valence-electron chi connectivity index (χ2n) is 6.07. The lowest BCUT2D eigenvalue weighted by atomic mass is 9.95. The van der Waals surface area contributed by atoms with Crippen LogP contribution in [0.4, 0.5) is 18.9 Å². The minimum atomic E-state index is -4.63. The number of aliphatic hydroxyl groups excluding tert-OH is 1. The second-order valence-corrected chi connectivity index (χ2v) is 6.07. The van der Waals surface area contributed by atoms with Crippen LogP contribution in [0.25, 0.3) is 10.8 Å². The molecule has 2 aromatic rings. The van der Waals surface area contributed by atoms with Crippen LogP contribution >= 0.6 is 0 Å². The molecule has 1 fully saturated rings. The summed E-state index contributed by atoms with van der Waals surface area (Å²) >= 11 is 0. The molecule has 6 heteroatoms. The van der Waals surface area contributed by atoms with Crippen LogP contribution in [-0.4, -0.2) is 30.0 Å². The molecule has 0 spiro atoms. The van der Waals surface area contributed by atoms with Crippen LogP contribution in [0.2, 0.25) is 0 Å². The summed E-state index contributed by atoms with van der Waals surface area (Å²) in [6, 6.07) is 11.7. The van der Waals surface area contributed by atoms with E-state index in [0.29, 0.717) is 30.6 Å². The van der Waals surface area contributed by atoms with Gasteiger partial charge in [0.05, 0.1) is 17.7 Å². The van der Waals surface area contributed by atoms with Gasteiger partial charge in [0.15, 0.2) is 6.10 Å². The smallest absolute Gasteiger partial charge is 0.382 e. The molecule has 2 aromatic carbocycles. The Kier molecular flexibility index (Phi) is 4.37. The minimum absolute atomic E-state index is 0.303. The quantitative estimate of drug-likeness (QED) is 0.903. The maximum absolute atomic E-state index is 13.0. The Morgan fingerprint density at radius 3 is 2.71 bits per heavy atom. The first-order chi connectivity index (χ1) is 11.4. The molecule has 0 bridgehead atoms. The highest BCUT2D eigenvalue weighted by atomic mass is 19.4. The van der Waals surface area contributed by atoms with Crippen LogP contribution in [0.1, 0.15) is 24.8 Å². The zero-order valence-electron chi connectivity index (χ0n) is 12.9. The largest absolute Gasteiger partial charge is 0.416 e. The van der Waals surface area contributed by atoms with Crippen molar-refractivity contribution in [2.45, 2.75) is 37.6 Å². The Balaban J connectivity index is 1.99. The van der Waals surface area contributed by atoms with Crippen molar-refractivity contribution in [3.63, 3.8) is 0 Å². The first kappa shape index (κ1) is 16.6. The summed E-state index contributed by atoms with van der Waals surface area (Å²) in [7, 11) is 0. The SMILES string of the molecule is N#Cc1cccc2cc(N3CCCC[C@@H]3C(O)C(F)(F)F)ccc12. The Labute approximate surface area is 137 Å². The third kappa shape index (κ3) is 3.04. The Bertz CT molecular complexity index is 782. The fourth-order valence-electron chi connectivity index (χ4n) is 3.37. The predicted octanol–water partition coefficient (Wildman–Crippen LogP) is 3.99. The number of aliphatic hydroxyl groups is 1. The van der Waals surface area contributed by atoms with Crippen molar-refractivity contribution in [3.05, 3.63) is 42.0 Å². The van der Waals surface area contributed by atoms with Gasteiger partial charge >= 0.3 is 6.18 Å². The molecular weight excluding hydrogens is 317 g/mol. The van der Waals surface area contributed by atoms with Crippen LogP contribution in [0.3, 0.4) is 0 Å². The average molecular weight is 334 g/mol. The van der Waals surface area contributed by atoms with E-state index in [-0.39, 0.29) is 0 Å². The van der Waals surface area contributed by atoms with E-state index in [1.165, 1.54) is 0 Å². The van der Waals surface area contributed by atoms with Gasteiger partial charge in [0.25, 0.3) is 0 Å². The van der Waals surface area contributed by atoms with Crippen molar-refractivity contribution in [2.75, 3.05) is 11.4 Å². The minimum Gasteiger partial charge on any atom is -0.382 e. The van der Waals surface area contributed by atoms with Gasteiger partial charge in [-0.15, -0.1) is 0 Å². The van der Waals surface area contributed by atoms with Crippen LogP contribution in [-0.2, 0) is 0 Å². The number of alkyl halides is 3. The lowest BCUT2D eigenvalue weighted by molar-refractivity contribution is -0.211. The highest BCUT2D eigenvalue weighted by molar-refractivity contribution is 5.90. The third-order valence-electron chi connectivity index (χ3n) is 4.57. The fourth-order valence-corrected chi connectivity index (χ4v) is 3.37. The molecule has 2 atom stereocenters. The molecule has 24 heavy (non-hydrogen) atoms. The van der Waals surface area contributed by atoms with E-state index in [0.717, 1.165) is 17.2 Å². The normalized spacial score (nSPS) is 20.0. The number of anilines is 1. The number of hydrogen-bond donors (Lipinski definition) is 1. The molecule has 0 aromatic heterocycles. The molecular formula is C18H17F3N2O. The van der Waals surface area contributed by atoms with Gasteiger partial charge in [-0.25, -0.2) is 0 Å². The molecule has 1 heterocycles. The number of nitrogens with zero attached hydrogens (tertiary/aromatic N) is 2. The second kappa shape index (κ2) is 6.33. The monoisotopic (exact) mass is 334 g/mol. The zero-order valence-corrected chi connectivity index (χ0v) is 12.9. The Hall–Kier alpha value is -2.26. The molecule has 0 aliphatic carbocycles. The van der Waals surface area contributed by atoms with Crippen molar-refractivity contribution >= 4 is 16.5 Å². The van der Waals surface area contributed by atoms with E-state index in [2.05, 4.69) is 6.07 Å². The molecule has 3 rings (SSSR count). The van der Waals surface area contributed by atoms with Gasteiger partial charge in [-0.05, 0) is 48.2 Å². The van der Waals surface area contributed by atoms with Gasteiger partial charge in [0.1, 0.15) is 0 Å². The number of benzene rings is 2. The fraction of sp³-hybridized carbons (Fsp3) is 0.389. The highest BCUT2D eigenvalue weighted by Crippen LogP contribution is 2.34. The molecule has 1 saturated heterocycles. The number of piperidine rings is 1. The molecule has 126 valence electrons. The molecule has 3 nitrogen and oxygen atoms in total. The van der Waals surface area contributed by atoms with E-state index < -0.39 is 18.3 Å². The summed E-state index contributed by atoms with van der Waals surface area (Å²) in [5.74, 6) is 0. The standard InChI is InChI=1S/C18H17F3N2O/c19-18(20,21)17(24)16-6-1-2-9-23(16)14-7-8-15-12(10-14)4-3-5-13(15)11-22/h3-5,7-8,10,16-17,24H,1-2,6,9H2/t16-,17?/m1/s1. The van der Waals surface area contributed by atoms with Gasteiger partial charge < -0.3 is 10.0 Å².